The first kappa shape index (κ1) is 27.5. The molecular weight excluding hydrogens is 542 g/mol. The van der Waals surface area contributed by atoms with Gasteiger partial charge in [-0.15, -0.1) is 0 Å². The summed E-state index contributed by atoms with van der Waals surface area (Å²) >= 11 is 6.51. The van der Waals surface area contributed by atoms with Gasteiger partial charge in [-0.1, -0.05) is 48.0 Å². The monoisotopic (exact) mass is 567 g/mol. The van der Waals surface area contributed by atoms with Gasteiger partial charge in [-0.2, -0.15) is 5.10 Å². The van der Waals surface area contributed by atoms with Crippen molar-refractivity contribution in [3.8, 4) is 28.4 Å². The molecule has 1 amide bonds. The van der Waals surface area contributed by atoms with Crippen molar-refractivity contribution >= 4 is 40.6 Å². The maximum Gasteiger partial charge on any atom is 0.343 e. The third-order valence-corrected chi connectivity index (χ3v) is 6.84. The second-order valence-corrected chi connectivity index (χ2v) is 9.49. The predicted molar refractivity (Wildman–Crippen MR) is 159 cm³/mol. The van der Waals surface area contributed by atoms with Gasteiger partial charge in [0, 0.05) is 27.1 Å². The van der Waals surface area contributed by atoms with E-state index in [2.05, 4.69) is 15.5 Å². The molecule has 1 heterocycles. The summed E-state index contributed by atoms with van der Waals surface area (Å²) in [5.41, 5.74) is 7.21. The van der Waals surface area contributed by atoms with Gasteiger partial charge in [0.2, 0.25) is 0 Å². The fraction of sp³-hybridized carbons (Fsp3) is 0.0938. The van der Waals surface area contributed by atoms with Crippen LogP contribution in [0.4, 0.5) is 0 Å². The molecule has 0 bridgehead atoms. The maximum atomic E-state index is 13.3. The molecule has 0 radical (unpaired) electrons. The molecule has 0 fully saturated rings. The Balaban J connectivity index is 1.35. The summed E-state index contributed by atoms with van der Waals surface area (Å²) in [5.74, 6) is 0.238. The average molecular weight is 568 g/mol. The van der Waals surface area contributed by atoms with Crippen LogP contribution in [0.5, 0.6) is 17.2 Å². The lowest BCUT2D eigenvalue weighted by atomic mass is 10.0. The number of hydrogen-bond donors (Lipinski definition) is 2. The zero-order valence-electron chi connectivity index (χ0n) is 22.5. The highest BCUT2D eigenvalue weighted by Gasteiger charge is 2.21. The van der Waals surface area contributed by atoms with E-state index in [9.17, 15) is 9.59 Å². The Morgan fingerprint density at radius 1 is 0.902 bits per heavy atom. The molecule has 2 N–H and O–H groups in total. The number of nitrogens with one attached hydrogen (secondary N) is 2. The van der Waals surface area contributed by atoms with Gasteiger partial charge in [0.25, 0.3) is 5.91 Å². The normalized spacial score (nSPS) is 11.0. The molecule has 41 heavy (non-hydrogen) atoms. The van der Waals surface area contributed by atoms with Crippen molar-refractivity contribution in [2.24, 2.45) is 5.10 Å². The number of para-hydroxylation sites is 1. The molecule has 0 saturated heterocycles. The summed E-state index contributed by atoms with van der Waals surface area (Å²) < 4.78 is 16.1. The van der Waals surface area contributed by atoms with Crippen molar-refractivity contribution in [3.63, 3.8) is 0 Å². The number of hydrogen-bond acceptors (Lipinski definition) is 6. The second-order valence-electron chi connectivity index (χ2n) is 9.08. The summed E-state index contributed by atoms with van der Waals surface area (Å²) in [5, 5.41) is 5.57. The number of carbonyl (C=O) groups excluding carboxylic acids is 2. The fourth-order valence-corrected chi connectivity index (χ4v) is 4.66. The first-order chi connectivity index (χ1) is 19.9. The Hall–Kier alpha value is -5.08. The number of aromatic amines is 1. The van der Waals surface area contributed by atoms with Crippen LogP contribution in [-0.4, -0.2) is 37.3 Å². The highest BCUT2D eigenvalue weighted by atomic mass is 35.5. The topological polar surface area (TPSA) is 102 Å². The molecule has 8 nitrogen and oxygen atoms in total. The van der Waals surface area contributed by atoms with Crippen LogP contribution in [0, 0.1) is 6.92 Å². The minimum absolute atomic E-state index is 0.243. The van der Waals surface area contributed by atoms with Crippen LogP contribution in [0.15, 0.2) is 90.0 Å². The van der Waals surface area contributed by atoms with Gasteiger partial charge in [0.05, 0.1) is 26.0 Å². The number of aromatic nitrogens is 1. The molecule has 0 unspecified atom stereocenters. The molecule has 5 aromatic rings. The van der Waals surface area contributed by atoms with Crippen molar-refractivity contribution in [1.29, 1.82) is 0 Å². The number of rotatable bonds is 8. The molecular formula is C32H26ClN3O5. The SMILES string of the molecule is COc1ccc(C(=O)Oc2ccc(C=NNC(=O)c3[nH]c4c(C)cccc4c3-c3ccccc3Cl)cc2OC)cc1. The molecule has 0 aliphatic rings. The second kappa shape index (κ2) is 12.0. The van der Waals surface area contributed by atoms with E-state index >= 15 is 0 Å². The number of esters is 1. The largest absolute Gasteiger partial charge is 0.497 e. The Bertz CT molecular complexity index is 1780. The minimum Gasteiger partial charge on any atom is -0.497 e. The quantitative estimate of drug-likeness (QED) is 0.0929. The molecule has 4 aromatic carbocycles. The molecule has 5 rings (SSSR count). The van der Waals surface area contributed by atoms with Gasteiger partial charge < -0.3 is 19.2 Å². The first-order valence-corrected chi connectivity index (χ1v) is 13.0. The van der Waals surface area contributed by atoms with Crippen LogP contribution in [0.3, 0.4) is 0 Å². The standard InChI is InChI=1S/C32H26ClN3O5/c1-19-7-6-9-24-28(23-8-4-5-10-25(23)33)30(35-29(19)24)31(37)36-34-18-20-11-16-26(27(17-20)40-3)41-32(38)21-12-14-22(39-2)15-13-21/h4-18,35H,1-3H3,(H,36,37). The summed E-state index contributed by atoms with van der Waals surface area (Å²) in [6.07, 6.45) is 1.47. The maximum absolute atomic E-state index is 13.3. The minimum atomic E-state index is -0.539. The zero-order chi connectivity index (χ0) is 28.9. The number of benzene rings is 4. The van der Waals surface area contributed by atoms with E-state index in [-0.39, 0.29) is 5.75 Å². The van der Waals surface area contributed by atoms with Gasteiger partial charge in [-0.05, 0) is 66.6 Å². The van der Waals surface area contributed by atoms with Gasteiger partial charge in [-0.3, -0.25) is 4.79 Å². The highest BCUT2D eigenvalue weighted by molar-refractivity contribution is 6.34. The number of hydrazone groups is 1. The Labute approximate surface area is 241 Å². The molecule has 0 spiro atoms. The third kappa shape index (κ3) is 5.78. The molecule has 0 saturated carbocycles. The first-order valence-electron chi connectivity index (χ1n) is 12.6. The molecule has 0 aliphatic carbocycles. The summed E-state index contributed by atoms with van der Waals surface area (Å²) in [6, 6.07) is 24.8. The number of carbonyl (C=O) groups is 2. The fourth-order valence-electron chi connectivity index (χ4n) is 4.43. The van der Waals surface area contributed by atoms with Crippen molar-refractivity contribution in [2.45, 2.75) is 6.92 Å². The van der Waals surface area contributed by atoms with Gasteiger partial charge in [-0.25, -0.2) is 10.2 Å². The van der Waals surface area contributed by atoms with E-state index in [0.29, 0.717) is 38.9 Å². The van der Waals surface area contributed by atoms with Crippen molar-refractivity contribution < 1.29 is 23.8 Å². The van der Waals surface area contributed by atoms with Crippen molar-refractivity contribution in [1.82, 2.24) is 10.4 Å². The molecule has 206 valence electrons. The van der Waals surface area contributed by atoms with Crippen LogP contribution in [0.25, 0.3) is 22.0 Å². The van der Waals surface area contributed by atoms with Gasteiger partial charge in [0.1, 0.15) is 11.4 Å². The Morgan fingerprint density at radius 3 is 2.41 bits per heavy atom. The number of aryl methyl sites for hydroxylation is 1. The van der Waals surface area contributed by atoms with E-state index in [4.69, 9.17) is 25.8 Å². The number of ether oxygens (including phenoxy) is 3. The number of amides is 1. The Kier molecular flexibility index (Phi) is 8.03. The summed E-state index contributed by atoms with van der Waals surface area (Å²) in [6.45, 7) is 1.97. The van der Waals surface area contributed by atoms with E-state index < -0.39 is 11.9 Å². The van der Waals surface area contributed by atoms with E-state index in [1.54, 1.807) is 55.6 Å². The van der Waals surface area contributed by atoms with Crippen molar-refractivity contribution in [2.75, 3.05) is 14.2 Å². The number of halogens is 1. The number of nitrogens with zero attached hydrogens (tertiary/aromatic N) is 1. The molecule has 0 aliphatic heterocycles. The van der Waals surface area contributed by atoms with Crippen LogP contribution in [0.1, 0.15) is 32.0 Å². The smallest absolute Gasteiger partial charge is 0.343 e. The lowest BCUT2D eigenvalue weighted by molar-refractivity contribution is 0.0729. The third-order valence-electron chi connectivity index (χ3n) is 6.51. The lowest BCUT2D eigenvalue weighted by Gasteiger charge is -2.10. The number of H-pyrrole nitrogens is 1. The molecule has 0 atom stereocenters. The van der Waals surface area contributed by atoms with Crippen LogP contribution in [-0.2, 0) is 0 Å². The van der Waals surface area contributed by atoms with E-state index in [0.717, 1.165) is 22.0 Å². The van der Waals surface area contributed by atoms with Crippen LogP contribution in [0.2, 0.25) is 5.02 Å². The van der Waals surface area contributed by atoms with Crippen LogP contribution < -0.4 is 19.6 Å². The van der Waals surface area contributed by atoms with Crippen molar-refractivity contribution in [3.05, 3.63) is 112 Å². The Morgan fingerprint density at radius 2 is 1.68 bits per heavy atom. The van der Waals surface area contributed by atoms with E-state index in [1.807, 2.05) is 43.3 Å². The van der Waals surface area contributed by atoms with Gasteiger partial charge in [0.15, 0.2) is 11.5 Å². The highest BCUT2D eigenvalue weighted by Crippen LogP contribution is 2.37. The predicted octanol–water partition coefficient (Wildman–Crippen LogP) is 6.80. The number of methoxy groups -OCH3 is 2. The average Bonchev–Trinajstić information content (AvgIpc) is 3.39. The number of fused-ring (bicyclic) bond motifs is 1. The van der Waals surface area contributed by atoms with Crippen LogP contribution >= 0.6 is 11.6 Å². The van der Waals surface area contributed by atoms with E-state index in [1.165, 1.54) is 13.3 Å². The summed E-state index contributed by atoms with van der Waals surface area (Å²) in [4.78, 5) is 29.1. The lowest BCUT2D eigenvalue weighted by Crippen LogP contribution is -2.19. The zero-order valence-corrected chi connectivity index (χ0v) is 23.3. The summed E-state index contributed by atoms with van der Waals surface area (Å²) in [7, 11) is 3.02. The van der Waals surface area contributed by atoms with Gasteiger partial charge >= 0.3 is 5.97 Å². The molecule has 9 heteroatoms. The molecule has 1 aromatic heterocycles.